The Balaban J connectivity index is 1.37. The minimum Gasteiger partial charge on any atom is -0.404 e. The Labute approximate surface area is 231 Å². The van der Waals surface area contributed by atoms with Gasteiger partial charge in [-0.25, -0.2) is 0 Å². The molecule has 3 unspecified atom stereocenters. The standard InChI is InChI=1S/C35H46O2Si/c1-33(2,3)38(27-12-8-6-9-13-27,28-14-10-7-11-15-28)37-32-19-18-30-29-17-16-25-24-26(36)20-22-34(25,4)31(29)21-23-35(30,32)5/h6-15,24,29-32H,16-23H2,1-5H3/t29?,30?,31?,32-,34-,35-/m0/s1. The van der Waals surface area contributed by atoms with Crippen LogP contribution >= 0.6 is 0 Å². The van der Waals surface area contributed by atoms with E-state index in [1.165, 1.54) is 48.1 Å². The van der Waals surface area contributed by atoms with Crippen molar-refractivity contribution in [3.05, 3.63) is 72.3 Å². The zero-order valence-corrected chi connectivity index (χ0v) is 25.1. The first-order valence-corrected chi connectivity index (χ1v) is 17.0. The molecular weight excluding hydrogens is 480 g/mol. The van der Waals surface area contributed by atoms with Crippen molar-refractivity contribution in [2.24, 2.45) is 28.6 Å². The highest BCUT2D eigenvalue weighted by Crippen LogP contribution is 2.66. The van der Waals surface area contributed by atoms with Crippen molar-refractivity contribution in [2.45, 2.75) is 97.1 Å². The summed E-state index contributed by atoms with van der Waals surface area (Å²) in [5.41, 5.74) is 1.92. The quantitative estimate of drug-likeness (QED) is 0.386. The van der Waals surface area contributed by atoms with Crippen molar-refractivity contribution in [1.29, 1.82) is 0 Å². The lowest BCUT2D eigenvalue weighted by atomic mass is 9.47. The van der Waals surface area contributed by atoms with Gasteiger partial charge in [-0.1, -0.05) is 101 Å². The molecule has 4 aliphatic rings. The minimum absolute atomic E-state index is 0.00794. The first kappa shape index (κ1) is 26.3. The van der Waals surface area contributed by atoms with Crippen molar-refractivity contribution < 1.29 is 9.22 Å². The topological polar surface area (TPSA) is 26.3 Å². The summed E-state index contributed by atoms with van der Waals surface area (Å²) in [6.45, 7) is 12.3. The third-order valence-corrected chi connectivity index (χ3v) is 16.7. The number of carbonyl (C=O) groups is 1. The fraction of sp³-hybridized carbons (Fsp3) is 0.571. The zero-order valence-electron chi connectivity index (χ0n) is 24.1. The molecule has 0 N–H and O–H groups in total. The monoisotopic (exact) mass is 526 g/mol. The summed E-state index contributed by atoms with van der Waals surface area (Å²) in [6, 6.07) is 22.4. The van der Waals surface area contributed by atoms with Gasteiger partial charge in [0, 0.05) is 6.42 Å². The van der Waals surface area contributed by atoms with Crippen LogP contribution in [0.1, 0.15) is 86.0 Å². The Bertz CT molecular complexity index is 1170. The van der Waals surface area contributed by atoms with Crippen LogP contribution in [0.15, 0.2) is 72.3 Å². The number of rotatable bonds is 4. The SMILES string of the molecule is CC(C)(C)[Si](O[C@H]1CCC2C3CCC4=CC(=O)CC[C@]4(C)C3CC[C@@]21C)(c1ccccc1)c1ccccc1. The molecular formula is C35H46O2Si. The highest BCUT2D eigenvalue weighted by atomic mass is 28.4. The molecule has 38 heavy (non-hydrogen) atoms. The van der Waals surface area contributed by atoms with E-state index in [2.05, 4.69) is 95.3 Å². The van der Waals surface area contributed by atoms with Gasteiger partial charge in [-0.05, 0) is 95.0 Å². The second-order valence-electron chi connectivity index (χ2n) is 14.4. The molecule has 0 aliphatic heterocycles. The van der Waals surface area contributed by atoms with Gasteiger partial charge < -0.3 is 4.43 Å². The van der Waals surface area contributed by atoms with Gasteiger partial charge in [-0.2, -0.15) is 0 Å². The molecule has 0 aromatic heterocycles. The van der Waals surface area contributed by atoms with Crippen molar-refractivity contribution in [2.75, 3.05) is 0 Å². The van der Waals surface area contributed by atoms with Crippen LogP contribution < -0.4 is 10.4 Å². The molecule has 4 aliphatic carbocycles. The van der Waals surface area contributed by atoms with Crippen LogP contribution in [0, 0.1) is 28.6 Å². The normalized spacial score (nSPS) is 35.2. The van der Waals surface area contributed by atoms with E-state index in [0.717, 1.165) is 37.0 Å². The van der Waals surface area contributed by atoms with E-state index in [4.69, 9.17) is 4.43 Å². The van der Waals surface area contributed by atoms with E-state index < -0.39 is 8.32 Å². The summed E-state index contributed by atoms with van der Waals surface area (Å²) in [7, 11) is -2.58. The number of hydrogen-bond donors (Lipinski definition) is 0. The average Bonchev–Trinajstić information content (AvgIpc) is 3.24. The van der Waals surface area contributed by atoms with E-state index in [0.29, 0.717) is 5.78 Å². The lowest BCUT2D eigenvalue weighted by Gasteiger charge is -2.58. The largest absolute Gasteiger partial charge is 0.404 e. The molecule has 0 heterocycles. The molecule has 0 radical (unpaired) electrons. The molecule has 2 aromatic rings. The number of ketones is 1. The van der Waals surface area contributed by atoms with Gasteiger partial charge in [0.15, 0.2) is 5.78 Å². The lowest BCUT2D eigenvalue weighted by molar-refractivity contribution is -0.117. The van der Waals surface area contributed by atoms with Crippen molar-refractivity contribution >= 4 is 24.5 Å². The summed E-state index contributed by atoms with van der Waals surface area (Å²) in [6.07, 6.45) is 11.5. The fourth-order valence-electron chi connectivity index (χ4n) is 9.61. The Morgan fingerprint density at radius 2 is 1.42 bits per heavy atom. The maximum Gasteiger partial charge on any atom is 0.261 e. The van der Waals surface area contributed by atoms with E-state index in [9.17, 15) is 4.79 Å². The number of carbonyl (C=O) groups excluding carboxylic acids is 1. The number of benzene rings is 2. The second kappa shape index (κ2) is 9.30. The minimum atomic E-state index is -2.58. The number of hydrogen-bond acceptors (Lipinski definition) is 2. The van der Waals surface area contributed by atoms with Crippen LogP contribution in [-0.4, -0.2) is 20.2 Å². The highest BCUT2D eigenvalue weighted by molar-refractivity contribution is 6.99. The zero-order chi connectivity index (χ0) is 26.8. The van der Waals surface area contributed by atoms with Gasteiger partial charge in [0.25, 0.3) is 8.32 Å². The predicted octanol–water partition coefficient (Wildman–Crippen LogP) is 7.46. The number of allylic oxidation sites excluding steroid dienone is 1. The van der Waals surface area contributed by atoms with Crippen molar-refractivity contribution in [3.63, 3.8) is 0 Å². The molecule has 2 aromatic carbocycles. The fourth-order valence-corrected chi connectivity index (χ4v) is 14.4. The van der Waals surface area contributed by atoms with Crippen LogP contribution in [-0.2, 0) is 9.22 Å². The van der Waals surface area contributed by atoms with Gasteiger partial charge in [-0.15, -0.1) is 0 Å². The van der Waals surface area contributed by atoms with E-state index in [-0.39, 0.29) is 22.0 Å². The predicted molar refractivity (Wildman–Crippen MR) is 159 cm³/mol. The van der Waals surface area contributed by atoms with Gasteiger partial charge in [-0.3, -0.25) is 4.79 Å². The highest BCUT2D eigenvalue weighted by Gasteiger charge is 2.62. The van der Waals surface area contributed by atoms with Crippen LogP contribution in [0.2, 0.25) is 5.04 Å². The van der Waals surface area contributed by atoms with Crippen LogP contribution in [0.5, 0.6) is 0 Å². The third kappa shape index (κ3) is 3.86. The van der Waals surface area contributed by atoms with E-state index in [1.54, 1.807) is 0 Å². The van der Waals surface area contributed by atoms with Gasteiger partial charge in [0.2, 0.25) is 0 Å². The third-order valence-electron chi connectivity index (χ3n) is 11.6. The van der Waals surface area contributed by atoms with Crippen LogP contribution in [0.4, 0.5) is 0 Å². The summed E-state index contributed by atoms with van der Waals surface area (Å²) in [5.74, 6) is 2.56. The molecule has 3 saturated carbocycles. The summed E-state index contributed by atoms with van der Waals surface area (Å²) in [5, 5.41) is 2.80. The molecule has 0 spiro atoms. The van der Waals surface area contributed by atoms with Gasteiger partial charge >= 0.3 is 0 Å². The maximum atomic E-state index is 12.3. The van der Waals surface area contributed by atoms with Crippen molar-refractivity contribution in [1.82, 2.24) is 0 Å². The second-order valence-corrected chi connectivity index (χ2v) is 18.6. The Morgan fingerprint density at radius 3 is 2.03 bits per heavy atom. The Hall–Kier alpha value is -1.97. The summed E-state index contributed by atoms with van der Waals surface area (Å²) < 4.78 is 7.82. The molecule has 0 amide bonds. The molecule has 3 fully saturated rings. The summed E-state index contributed by atoms with van der Waals surface area (Å²) in [4.78, 5) is 12.3. The molecule has 2 nitrogen and oxygen atoms in total. The molecule has 3 heteroatoms. The van der Waals surface area contributed by atoms with E-state index in [1.807, 2.05) is 6.08 Å². The smallest absolute Gasteiger partial charge is 0.261 e. The van der Waals surface area contributed by atoms with Gasteiger partial charge in [0.05, 0.1) is 6.10 Å². The van der Waals surface area contributed by atoms with Crippen LogP contribution in [0.25, 0.3) is 0 Å². The lowest BCUT2D eigenvalue weighted by Crippen LogP contribution is -2.68. The molecule has 202 valence electrons. The average molecular weight is 527 g/mol. The van der Waals surface area contributed by atoms with Crippen molar-refractivity contribution in [3.8, 4) is 0 Å². The first-order valence-electron chi connectivity index (χ1n) is 15.1. The first-order chi connectivity index (χ1) is 18.1. The number of fused-ring (bicyclic) bond motifs is 5. The Morgan fingerprint density at radius 1 is 0.789 bits per heavy atom. The van der Waals surface area contributed by atoms with E-state index >= 15 is 0 Å². The summed E-state index contributed by atoms with van der Waals surface area (Å²) >= 11 is 0. The molecule has 6 atom stereocenters. The molecule has 6 rings (SSSR count). The Kier molecular flexibility index (Phi) is 6.43. The molecule has 0 saturated heterocycles. The van der Waals surface area contributed by atoms with Gasteiger partial charge in [0.1, 0.15) is 0 Å². The molecule has 0 bridgehead atoms. The maximum absolute atomic E-state index is 12.3. The van der Waals surface area contributed by atoms with Crippen LogP contribution in [0.3, 0.4) is 0 Å².